The zero-order valence-corrected chi connectivity index (χ0v) is 19.9. The van der Waals surface area contributed by atoms with Crippen LogP contribution in [0.2, 0.25) is 0 Å². The van der Waals surface area contributed by atoms with Gasteiger partial charge in [-0.3, -0.25) is 14.4 Å². The lowest BCUT2D eigenvalue weighted by molar-refractivity contribution is -0.233. The molecule has 2 spiro atoms. The Morgan fingerprint density at radius 3 is 2.57 bits per heavy atom. The molecule has 11 nitrogen and oxygen atoms in total. The van der Waals surface area contributed by atoms with Gasteiger partial charge in [-0.1, -0.05) is 6.07 Å². The van der Waals surface area contributed by atoms with E-state index in [-0.39, 0.29) is 18.7 Å². The fourth-order valence-corrected chi connectivity index (χ4v) is 7.80. The molecule has 0 bridgehead atoms. The van der Waals surface area contributed by atoms with Crippen LogP contribution in [-0.4, -0.2) is 81.5 Å². The second-order valence-corrected chi connectivity index (χ2v) is 9.78. The van der Waals surface area contributed by atoms with E-state index in [1.165, 1.54) is 21.3 Å². The van der Waals surface area contributed by atoms with Crippen LogP contribution in [0.15, 0.2) is 12.1 Å². The van der Waals surface area contributed by atoms with Crippen molar-refractivity contribution in [2.24, 2.45) is 5.41 Å². The highest BCUT2D eigenvalue weighted by Gasteiger charge is 2.88. The maximum absolute atomic E-state index is 14.3. The third kappa shape index (κ3) is 2.14. The molecule has 0 N–H and O–H groups in total. The normalized spacial score (nSPS) is 36.2. The van der Waals surface area contributed by atoms with E-state index < -0.39 is 46.6 Å². The fraction of sp³-hybridized carbons (Fsp3) is 0.583. The molecule has 4 fully saturated rings. The number of methoxy groups -OCH3 is 3. The van der Waals surface area contributed by atoms with Crippen LogP contribution in [0, 0.1) is 5.41 Å². The summed E-state index contributed by atoms with van der Waals surface area (Å²) in [4.78, 5) is 56.7. The molecule has 5 atom stereocenters. The van der Waals surface area contributed by atoms with Crippen molar-refractivity contribution in [1.82, 2.24) is 4.90 Å². The van der Waals surface area contributed by atoms with Gasteiger partial charge in [-0.05, 0) is 24.5 Å². The second-order valence-electron chi connectivity index (χ2n) is 9.78. The van der Waals surface area contributed by atoms with Gasteiger partial charge in [0.1, 0.15) is 5.41 Å². The molecule has 11 heteroatoms. The van der Waals surface area contributed by atoms with Crippen LogP contribution < -0.4 is 14.4 Å². The van der Waals surface area contributed by atoms with Gasteiger partial charge in [-0.15, -0.1) is 0 Å². The summed E-state index contributed by atoms with van der Waals surface area (Å²) in [6.45, 7) is 0.366. The Morgan fingerprint density at radius 2 is 1.89 bits per heavy atom. The Kier molecular flexibility index (Phi) is 4.27. The van der Waals surface area contributed by atoms with Gasteiger partial charge in [0.2, 0.25) is 11.6 Å². The third-order valence-electron chi connectivity index (χ3n) is 8.74. The summed E-state index contributed by atoms with van der Waals surface area (Å²) in [5, 5.41) is 0. The number of benzene rings is 1. The first-order chi connectivity index (χ1) is 16.7. The fourth-order valence-electron chi connectivity index (χ4n) is 7.80. The first-order valence-electron chi connectivity index (χ1n) is 11.5. The number of hydrogen-bond acceptors (Lipinski definition) is 10. The highest BCUT2D eigenvalue weighted by atomic mass is 16.7. The highest BCUT2D eigenvalue weighted by molar-refractivity contribution is 6.04. The van der Waals surface area contributed by atoms with Gasteiger partial charge < -0.3 is 33.5 Å². The first kappa shape index (κ1) is 22.0. The molecule has 1 amide bonds. The van der Waals surface area contributed by atoms with E-state index >= 15 is 0 Å². The lowest BCUT2D eigenvalue weighted by Crippen LogP contribution is -2.79. The number of ether oxygens (including phenoxy) is 5. The zero-order chi connectivity index (χ0) is 24.9. The number of nitrogens with zero attached hydrogens (tertiary/aromatic N) is 2. The Bertz CT molecular complexity index is 1200. The number of piperidine rings is 1. The molecule has 6 rings (SSSR count). The van der Waals surface area contributed by atoms with Gasteiger partial charge >= 0.3 is 12.1 Å². The molecule has 5 aliphatic rings. The zero-order valence-electron chi connectivity index (χ0n) is 19.9. The molecule has 3 saturated heterocycles. The van der Waals surface area contributed by atoms with Crippen LogP contribution >= 0.6 is 0 Å². The van der Waals surface area contributed by atoms with Crippen LogP contribution in [0.4, 0.5) is 10.5 Å². The maximum Gasteiger partial charge on any atom is 0.508 e. The summed E-state index contributed by atoms with van der Waals surface area (Å²) in [7, 11) is 5.93. The topological polar surface area (TPSA) is 121 Å². The Balaban J connectivity index is 1.72. The van der Waals surface area contributed by atoms with E-state index in [2.05, 4.69) is 0 Å². The summed E-state index contributed by atoms with van der Waals surface area (Å²) in [6.07, 6.45) is -1.66. The highest BCUT2D eigenvalue weighted by Crippen LogP contribution is 2.73. The summed E-state index contributed by atoms with van der Waals surface area (Å²) in [6, 6.07) is 2.71. The predicted molar refractivity (Wildman–Crippen MR) is 117 cm³/mol. The van der Waals surface area contributed by atoms with Gasteiger partial charge in [0.25, 0.3) is 0 Å². The van der Waals surface area contributed by atoms with Crippen LogP contribution in [-0.2, 0) is 34.0 Å². The molecule has 1 aliphatic carbocycles. The number of Topliss-reactive ketones (excluding diaryl/α,β-unsaturated/α-hetero) is 1. The minimum Gasteiger partial charge on any atom is -0.493 e. The largest absolute Gasteiger partial charge is 0.508 e. The third-order valence-corrected chi connectivity index (χ3v) is 8.74. The molecule has 186 valence electrons. The van der Waals surface area contributed by atoms with Crippen molar-refractivity contribution in [2.75, 3.05) is 39.8 Å². The van der Waals surface area contributed by atoms with E-state index in [1.54, 1.807) is 22.9 Å². The summed E-state index contributed by atoms with van der Waals surface area (Å²) in [5.41, 5.74) is -2.78. The summed E-state index contributed by atoms with van der Waals surface area (Å²) < 4.78 is 27.8. The number of rotatable bonds is 3. The lowest BCUT2D eigenvalue weighted by atomic mass is 9.49. The van der Waals surface area contributed by atoms with Crippen LogP contribution in [0.5, 0.6) is 11.5 Å². The van der Waals surface area contributed by atoms with Crippen molar-refractivity contribution in [3.8, 4) is 11.5 Å². The molecule has 4 heterocycles. The number of carbonyl (C=O) groups is 4. The standard InChI is InChI=1S/C24H26N2O9/c1-25-16-12(6-7-13(31-2)17(16)32-3)23-10-14(27)26-9-5-8-22(11-15(28)35-24(22,23)26)20(29)18(19(23)25)34-21(30)33-4/h6-7,18-19H,5,8-11H2,1-4H3/t18-,19+,22-,23+,24-/m0/s1. The van der Waals surface area contributed by atoms with Crippen molar-refractivity contribution in [1.29, 1.82) is 0 Å². The molecule has 0 radical (unpaired) electrons. The smallest absolute Gasteiger partial charge is 0.493 e. The number of ketones is 1. The molecule has 35 heavy (non-hydrogen) atoms. The minimum atomic E-state index is -1.52. The number of amides is 1. The van der Waals surface area contributed by atoms with Crippen LogP contribution in [0.25, 0.3) is 0 Å². The Labute approximate surface area is 201 Å². The van der Waals surface area contributed by atoms with Crippen molar-refractivity contribution >= 4 is 29.5 Å². The van der Waals surface area contributed by atoms with Gasteiger partial charge in [0.05, 0.1) is 44.9 Å². The predicted octanol–water partition coefficient (Wildman–Crippen LogP) is 1.15. The van der Waals surface area contributed by atoms with E-state index in [9.17, 15) is 19.2 Å². The second kappa shape index (κ2) is 6.79. The number of fused-ring (bicyclic) bond motifs is 1. The summed E-state index contributed by atoms with van der Waals surface area (Å²) in [5.74, 6) is -0.320. The average Bonchev–Trinajstić information content (AvgIpc) is 3.40. The number of anilines is 1. The lowest BCUT2D eigenvalue weighted by Gasteiger charge is -2.60. The van der Waals surface area contributed by atoms with Gasteiger partial charge in [-0.2, -0.15) is 0 Å². The van der Waals surface area contributed by atoms with Gasteiger partial charge in [0.15, 0.2) is 23.4 Å². The number of likely N-dealkylation sites (N-methyl/N-ethyl adjacent to an activating group) is 1. The van der Waals surface area contributed by atoms with Crippen LogP contribution in [0.1, 0.15) is 31.2 Å². The Morgan fingerprint density at radius 1 is 1.11 bits per heavy atom. The number of carbonyl (C=O) groups excluding carboxylic acids is 4. The molecular formula is C24H26N2O9. The van der Waals surface area contributed by atoms with E-state index in [1.807, 2.05) is 6.07 Å². The quantitative estimate of drug-likeness (QED) is 0.575. The van der Waals surface area contributed by atoms with E-state index in [4.69, 9.17) is 23.7 Å². The van der Waals surface area contributed by atoms with Crippen molar-refractivity contribution in [2.45, 2.75) is 49.0 Å². The van der Waals surface area contributed by atoms with Gasteiger partial charge in [-0.25, -0.2) is 4.79 Å². The molecule has 1 aromatic rings. The maximum atomic E-state index is 14.3. The van der Waals surface area contributed by atoms with E-state index in [0.717, 1.165) is 0 Å². The van der Waals surface area contributed by atoms with E-state index in [0.29, 0.717) is 42.1 Å². The molecule has 0 aromatic heterocycles. The summed E-state index contributed by atoms with van der Waals surface area (Å²) >= 11 is 0. The molecule has 1 saturated carbocycles. The SMILES string of the molecule is COC(=O)O[C@@H]1C(=O)[C@@]23CCCN4C(=O)C[C@]5(c6ccc(OC)c(OC)c6N(C)[C@H]15)[C@]42OC(=O)C3. The molecule has 0 unspecified atom stereocenters. The van der Waals surface area contributed by atoms with Crippen LogP contribution in [0.3, 0.4) is 0 Å². The molecule has 4 aliphatic heterocycles. The molecule has 1 aromatic carbocycles. The van der Waals surface area contributed by atoms with Crippen molar-refractivity contribution in [3.05, 3.63) is 17.7 Å². The molecular weight excluding hydrogens is 460 g/mol. The first-order valence-corrected chi connectivity index (χ1v) is 11.5. The number of hydrogen-bond donors (Lipinski definition) is 0. The Hall–Kier alpha value is -3.50. The minimum absolute atomic E-state index is 0.0200. The van der Waals surface area contributed by atoms with Crippen molar-refractivity contribution in [3.63, 3.8) is 0 Å². The monoisotopic (exact) mass is 486 g/mol. The average molecular weight is 486 g/mol. The van der Waals surface area contributed by atoms with Gasteiger partial charge in [0, 0.05) is 20.0 Å². The number of esters is 1. The van der Waals surface area contributed by atoms with Crippen molar-refractivity contribution < 1.29 is 42.9 Å².